The maximum Gasteiger partial charge on any atom is 0.396 e. The lowest BCUT2D eigenvalue weighted by Gasteiger charge is -2.09. The lowest BCUT2D eigenvalue weighted by Crippen LogP contribution is -2.08. The summed E-state index contributed by atoms with van der Waals surface area (Å²) in [5, 5.41) is 0.509. The number of esters is 1. The van der Waals surface area contributed by atoms with Gasteiger partial charge in [0.25, 0.3) is 0 Å². The number of fused-ring (bicyclic) bond motifs is 1. The predicted molar refractivity (Wildman–Crippen MR) is 102 cm³/mol. The van der Waals surface area contributed by atoms with Crippen LogP contribution in [-0.4, -0.2) is 5.97 Å². The van der Waals surface area contributed by atoms with Crippen LogP contribution in [0.5, 0.6) is 5.75 Å². The van der Waals surface area contributed by atoms with Crippen molar-refractivity contribution in [3.05, 3.63) is 87.0 Å². The molecule has 0 unspecified atom stereocenters. The highest BCUT2D eigenvalue weighted by Crippen LogP contribution is 2.37. The summed E-state index contributed by atoms with van der Waals surface area (Å²) in [7, 11) is 0. The van der Waals surface area contributed by atoms with Crippen LogP contribution in [0.15, 0.2) is 75.9 Å². The van der Waals surface area contributed by atoms with Crippen LogP contribution in [0.4, 0.5) is 0 Å². The highest BCUT2D eigenvalue weighted by molar-refractivity contribution is 7.16. The van der Waals surface area contributed by atoms with Gasteiger partial charge in [0.05, 0.1) is 10.3 Å². The molecule has 0 radical (unpaired) electrons. The summed E-state index contributed by atoms with van der Waals surface area (Å²) in [6.45, 7) is 0. The minimum atomic E-state index is -0.481. The second-order valence-electron chi connectivity index (χ2n) is 5.49. The van der Waals surface area contributed by atoms with E-state index in [1.807, 2.05) is 24.3 Å². The second kappa shape index (κ2) is 6.78. The van der Waals surface area contributed by atoms with E-state index in [9.17, 15) is 9.59 Å². The van der Waals surface area contributed by atoms with E-state index in [1.165, 1.54) is 0 Å². The van der Waals surface area contributed by atoms with E-state index in [1.54, 1.807) is 42.5 Å². The molecule has 6 heteroatoms. The molecule has 0 aliphatic rings. The molecule has 0 aliphatic heterocycles. The van der Waals surface area contributed by atoms with Gasteiger partial charge in [-0.1, -0.05) is 59.3 Å². The molecule has 0 saturated heterocycles. The molecule has 0 spiro atoms. The number of carbonyl (C=O) groups is 1. The number of hydrogen-bond acceptors (Lipinski definition) is 5. The Balaban J connectivity index is 1.83. The summed E-state index contributed by atoms with van der Waals surface area (Å²) in [5.74, 6) is -0.163. The fourth-order valence-corrected chi connectivity index (χ4v) is 3.59. The molecule has 0 amide bonds. The Morgan fingerprint density at radius 1 is 0.962 bits per heavy atom. The third-order valence-electron chi connectivity index (χ3n) is 3.79. The van der Waals surface area contributed by atoms with Crippen molar-refractivity contribution >= 4 is 39.2 Å². The molecule has 4 rings (SSSR count). The van der Waals surface area contributed by atoms with Gasteiger partial charge in [0, 0.05) is 22.2 Å². The van der Waals surface area contributed by atoms with Gasteiger partial charge < -0.3 is 9.15 Å². The first kappa shape index (κ1) is 16.6. The highest BCUT2D eigenvalue weighted by Gasteiger charge is 2.17. The van der Waals surface area contributed by atoms with Gasteiger partial charge in [0.15, 0.2) is 5.58 Å². The quantitative estimate of drug-likeness (QED) is 0.352. The maximum atomic E-state index is 12.3. The first-order chi connectivity index (χ1) is 12.6. The van der Waals surface area contributed by atoms with Gasteiger partial charge >= 0.3 is 10.9 Å². The first-order valence-corrected chi connectivity index (χ1v) is 8.91. The summed E-state index contributed by atoms with van der Waals surface area (Å²) in [5.41, 5.74) is 2.15. The molecule has 26 heavy (non-hydrogen) atoms. The third kappa shape index (κ3) is 3.14. The lowest BCUT2D eigenvalue weighted by atomic mass is 10.0. The molecule has 0 saturated carbocycles. The monoisotopic (exact) mass is 382 g/mol. The van der Waals surface area contributed by atoms with Crippen molar-refractivity contribution in [3.63, 3.8) is 0 Å². The van der Waals surface area contributed by atoms with E-state index in [0.29, 0.717) is 37.7 Å². The molecule has 0 aliphatic carbocycles. The summed E-state index contributed by atoms with van der Waals surface area (Å²) >= 11 is 7.24. The Hall–Kier alpha value is -2.89. The van der Waals surface area contributed by atoms with Gasteiger partial charge in [0.1, 0.15) is 5.75 Å². The molecule has 0 atom stereocenters. The molecule has 4 nitrogen and oxygen atoms in total. The Kier molecular flexibility index (Phi) is 4.32. The van der Waals surface area contributed by atoms with Gasteiger partial charge in [-0.15, -0.1) is 0 Å². The van der Waals surface area contributed by atoms with Crippen LogP contribution in [0.2, 0.25) is 5.02 Å². The summed E-state index contributed by atoms with van der Waals surface area (Å²) in [6.07, 6.45) is 0. The van der Waals surface area contributed by atoms with E-state index >= 15 is 0 Å². The Labute approximate surface area is 157 Å². The van der Waals surface area contributed by atoms with Gasteiger partial charge in [-0.25, -0.2) is 9.59 Å². The standard InChI is InChI=1S/C20H11ClO4S/c21-16-9-5-4-8-14(16)15-10-13(11-17-18(15)25-20(23)26-17)24-19(22)12-6-2-1-3-7-12/h1-11H. The SMILES string of the molecule is O=C(Oc1cc(-c2ccccc2Cl)c2oc(=O)sc2c1)c1ccccc1. The minimum absolute atomic E-state index is 0.318. The van der Waals surface area contributed by atoms with Gasteiger partial charge in [-0.05, 0) is 24.3 Å². The number of ether oxygens (including phenoxy) is 1. The van der Waals surface area contributed by atoms with E-state index in [4.69, 9.17) is 20.8 Å². The molecule has 128 valence electrons. The van der Waals surface area contributed by atoms with E-state index < -0.39 is 10.9 Å². The van der Waals surface area contributed by atoms with Crippen LogP contribution in [-0.2, 0) is 0 Å². The molecular formula is C20H11ClO4S. The molecule has 3 aromatic carbocycles. The van der Waals surface area contributed by atoms with Crippen LogP contribution >= 0.6 is 22.9 Å². The molecule has 0 N–H and O–H groups in total. The van der Waals surface area contributed by atoms with Crippen LogP contribution < -0.4 is 9.68 Å². The van der Waals surface area contributed by atoms with Gasteiger partial charge in [0.2, 0.25) is 0 Å². The van der Waals surface area contributed by atoms with Crippen LogP contribution in [0, 0.1) is 0 Å². The topological polar surface area (TPSA) is 56.5 Å². The third-order valence-corrected chi connectivity index (χ3v) is 4.89. The maximum absolute atomic E-state index is 12.3. The molecule has 0 fully saturated rings. The van der Waals surface area contributed by atoms with Crippen LogP contribution in [0.1, 0.15) is 10.4 Å². The smallest absolute Gasteiger partial charge is 0.396 e. The number of rotatable bonds is 3. The molecule has 1 aromatic heterocycles. The van der Waals surface area contributed by atoms with Crippen molar-refractivity contribution in [2.75, 3.05) is 0 Å². The molecular weight excluding hydrogens is 372 g/mol. The molecule has 1 heterocycles. The van der Waals surface area contributed by atoms with Crippen molar-refractivity contribution in [2.24, 2.45) is 0 Å². The summed E-state index contributed by atoms with van der Waals surface area (Å²) < 4.78 is 11.4. The Bertz CT molecular complexity index is 1160. The van der Waals surface area contributed by atoms with E-state index in [2.05, 4.69) is 0 Å². The fourth-order valence-electron chi connectivity index (χ4n) is 2.63. The highest BCUT2D eigenvalue weighted by atomic mass is 35.5. The minimum Gasteiger partial charge on any atom is -0.423 e. The zero-order valence-corrected chi connectivity index (χ0v) is 14.8. The largest absolute Gasteiger partial charge is 0.423 e. The van der Waals surface area contributed by atoms with Crippen molar-refractivity contribution in [1.29, 1.82) is 0 Å². The van der Waals surface area contributed by atoms with Crippen molar-refractivity contribution in [2.45, 2.75) is 0 Å². The Morgan fingerprint density at radius 3 is 2.46 bits per heavy atom. The normalized spacial score (nSPS) is 10.8. The predicted octanol–water partition coefficient (Wildman–Crippen LogP) is 5.39. The Morgan fingerprint density at radius 2 is 1.69 bits per heavy atom. The summed E-state index contributed by atoms with van der Waals surface area (Å²) in [6, 6.07) is 19.2. The van der Waals surface area contributed by atoms with E-state index in [-0.39, 0.29) is 0 Å². The van der Waals surface area contributed by atoms with Gasteiger partial charge in [-0.3, -0.25) is 0 Å². The first-order valence-electron chi connectivity index (χ1n) is 7.71. The van der Waals surface area contributed by atoms with Gasteiger partial charge in [-0.2, -0.15) is 0 Å². The van der Waals surface area contributed by atoms with Crippen LogP contribution in [0.25, 0.3) is 21.4 Å². The fraction of sp³-hybridized carbons (Fsp3) is 0. The van der Waals surface area contributed by atoms with Crippen molar-refractivity contribution in [1.82, 2.24) is 0 Å². The zero-order chi connectivity index (χ0) is 18.1. The zero-order valence-electron chi connectivity index (χ0n) is 13.3. The molecule has 4 aromatic rings. The number of halogens is 1. The average molecular weight is 383 g/mol. The molecule has 0 bridgehead atoms. The lowest BCUT2D eigenvalue weighted by molar-refractivity contribution is 0.0735. The van der Waals surface area contributed by atoms with E-state index in [0.717, 1.165) is 11.3 Å². The van der Waals surface area contributed by atoms with Crippen LogP contribution in [0.3, 0.4) is 0 Å². The summed E-state index contributed by atoms with van der Waals surface area (Å²) in [4.78, 5) is 23.6. The second-order valence-corrected chi connectivity index (χ2v) is 6.87. The average Bonchev–Trinajstić information content (AvgIpc) is 3.02. The van der Waals surface area contributed by atoms with Crippen molar-refractivity contribution < 1.29 is 13.9 Å². The van der Waals surface area contributed by atoms with Crippen molar-refractivity contribution in [3.8, 4) is 16.9 Å². The number of hydrogen-bond donors (Lipinski definition) is 0. The number of benzene rings is 3. The number of carbonyl (C=O) groups excluding carboxylic acids is 1.